The van der Waals surface area contributed by atoms with E-state index in [1.807, 2.05) is 13.8 Å². The molecule has 1 amide bonds. The lowest BCUT2D eigenvalue weighted by atomic mass is 9.93. The Morgan fingerprint density at radius 1 is 1.30 bits per heavy atom. The minimum Gasteiger partial charge on any atom is -0.336 e. The summed E-state index contributed by atoms with van der Waals surface area (Å²) in [6.45, 7) is 3.63. The zero-order valence-electron chi connectivity index (χ0n) is 11.3. The van der Waals surface area contributed by atoms with Crippen molar-refractivity contribution in [1.82, 2.24) is 5.32 Å². The first kappa shape index (κ1) is 16.1. The standard InChI is InChI=1S/C15H16F3NO/c1-4-14(5-2,6-3)19-13(20)11-8-7-9-12(10-11)15(16,17)18/h1,7-10H,5-6H2,2-3H3,(H,19,20). The summed E-state index contributed by atoms with van der Waals surface area (Å²) in [5.74, 6) is 1.91. The molecular weight excluding hydrogens is 267 g/mol. The fraction of sp³-hybridized carbons (Fsp3) is 0.400. The van der Waals surface area contributed by atoms with E-state index in [9.17, 15) is 18.0 Å². The highest BCUT2D eigenvalue weighted by atomic mass is 19.4. The topological polar surface area (TPSA) is 29.1 Å². The van der Waals surface area contributed by atoms with Crippen molar-refractivity contribution >= 4 is 5.91 Å². The van der Waals surface area contributed by atoms with Crippen molar-refractivity contribution in [3.63, 3.8) is 0 Å². The van der Waals surface area contributed by atoms with Gasteiger partial charge in [0.2, 0.25) is 0 Å². The summed E-state index contributed by atoms with van der Waals surface area (Å²) in [4.78, 5) is 12.0. The minimum atomic E-state index is -4.48. The number of benzene rings is 1. The molecule has 108 valence electrons. The Morgan fingerprint density at radius 2 is 1.90 bits per heavy atom. The highest BCUT2D eigenvalue weighted by molar-refractivity contribution is 5.95. The highest BCUT2D eigenvalue weighted by Crippen LogP contribution is 2.29. The molecule has 0 spiro atoms. The zero-order valence-corrected chi connectivity index (χ0v) is 11.3. The Balaban J connectivity index is 3.02. The van der Waals surface area contributed by atoms with Gasteiger partial charge < -0.3 is 5.32 Å². The molecule has 0 atom stereocenters. The SMILES string of the molecule is C#CC(CC)(CC)NC(=O)c1cccc(C(F)(F)F)c1. The summed E-state index contributed by atoms with van der Waals surface area (Å²) >= 11 is 0. The molecule has 0 aliphatic heterocycles. The smallest absolute Gasteiger partial charge is 0.336 e. The molecule has 0 saturated carbocycles. The number of rotatable bonds is 4. The van der Waals surface area contributed by atoms with Crippen LogP contribution >= 0.6 is 0 Å². The van der Waals surface area contributed by atoms with Gasteiger partial charge in [-0.3, -0.25) is 4.79 Å². The Hall–Kier alpha value is -1.96. The molecule has 0 heterocycles. The lowest BCUT2D eigenvalue weighted by molar-refractivity contribution is -0.137. The van der Waals surface area contributed by atoms with E-state index < -0.39 is 23.2 Å². The molecule has 0 unspecified atom stereocenters. The molecule has 0 aromatic heterocycles. The fourth-order valence-electron chi connectivity index (χ4n) is 1.79. The maximum Gasteiger partial charge on any atom is 0.416 e. The van der Waals surface area contributed by atoms with Gasteiger partial charge in [-0.1, -0.05) is 25.8 Å². The molecule has 0 radical (unpaired) electrons. The Kier molecular flexibility index (Phi) is 4.83. The molecular formula is C15H16F3NO. The molecule has 0 bridgehead atoms. The number of carbonyl (C=O) groups excluding carboxylic acids is 1. The highest BCUT2D eigenvalue weighted by Gasteiger charge is 2.32. The van der Waals surface area contributed by atoms with Gasteiger partial charge in [0.1, 0.15) is 5.54 Å². The number of amides is 1. The number of nitrogens with one attached hydrogen (secondary N) is 1. The van der Waals surface area contributed by atoms with Crippen LogP contribution in [-0.4, -0.2) is 11.4 Å². The van der Waals surface area contributed by atoms with Gasteiger partial charge in [-0.05, 0) is 31.0 Å². The summed E-state index contributed by atoms with van der Waals surface area (Å²) in [6.07, 6.45) is 1.94. The maximum absolute atomic E-state index is 12.6. The van der Waals surface area contributed by atoms with E-state index >= 15 is 0 Å². The molecule has 1 aromatic carbocycles. The van der Waals surface area contributed by atoms with Crippen LogP contribution in [0.1, 0.15) is 42.6 Å². The van der Waals surface area contributed by atoms with Gasteiger partial charge in [0.15, 0.2) is 0 Å². The van der Waals surface area contributed by atoms with E-state index in [-0.39, 0.29) is 5.56 Å². The van der Waals surface area contributed by atoms with Crippen LogP contribution in [0.3, 0.4) is 0 Å². The van der Waals surface area contributed by atoms with E-state index in [4.69, 9.17) is 6.42 Å². The molecule has 0 saturated heterocycles. The average Bonchev–Trinajstić information content (AvgIpc) is 2.44. The summed E-state index contributed by atoms with van der Waals surface area (Å²) in [5.41, 5.74) is -1.74. The minimum absolute atomic E-state index is 0.0543. The van der Waals surface area contributed by atoms with Crippen molar-refractivity contribution in [2.45, 2.75) is 38.4 Å². The van der Waals surface area contributed by atoms with Crippen LogP contribution in [0.5, 0.6) is 0 Å². The number of terminal acetylenes is 1. The number of carbonyl (C=O) groups is 1. The van der Waals surface area contributed by atoms with Gasteiger partial charge in [0, 0.05) is 5.56 Å². The van der Waals surface area contributed by atoms with Crippen LogP contribution in [0.15, 0.2) is 24.3 Å². The first-order chi connectivity index (χ1) is 9.28. The summed E-state index contributed by atoms with van der Waals surface area (Å²) in [5, 5.41) is 2.63. The van der Waals surface area contributed by atoms with E-state index in [0.29, 0.717) is 12.8 Å². The van der Waals surface area contributed by atoms with E-state index in [0.717, 1.165) is 12.1 Å². The summed E-state index contributed by atoms with van der Waals surface area (Å²) in [7, 11) is 0. The van der Waals surface area contributed by atoms with E-state index in [2.05, 4.69) is 11.2 Å². The second-order valence-corrected chi connectivity index (χ2v) is 4.47. The normalized spacial score (nSPS) is 11.8. The Morgan fingerprint density at radius 3 is 2.35 bits per heavy atom. The van der Waals surface area contributed by atoms with E-state index in [1.54, 1.807) is 0 Å². The lowest BCUT2D eigenvalue weighted by Crippen LogP contribution is -2.46. The number of hydrogen-bond donors (Lipinski definition) is 1. The number of hydrogen-bond acceptors (Lipinski definition) is 1. The van der Waals surface area contributed by atoms with Crippen LogP contribution in [0.25, 0.3) is 0 Å². The van der Waals surface area contributed by atoms with Gasteiger partial charge in [-0.25, -0.2) is 0 Å². The van der Waals surface area contributed by atoms with Crippen molar-refractivity contribution < 1.29 is 18.0 Å². The zero-order chi connectivity index (χ0) is 15.4. The Bertz CT molecular complexity index is 525. The van der Waals surface area contributed by atoms with Crippen LogP contribution in [-0.2, 0) is 6.18 Å². The van der Waals surface area contributed by atoms with E-state index in [1.165, 1.54) is 12.1 Å². The second-order valence-electron chi connectivity index (χ2n) is 4.47. The predicted octanol–water partition coefficient (Wildman–Crippen LogP) is 3.63. The molecule has 0 fully saturated rings. The quantitative estimate of drug-likeness (QED) is 0.840. The first-order valence-electron chi connectivity index (χ1n) is 6.25. The van der Waals surface area contributed by atoms with Crippen molar-refractivity contribution in [2.24, 2.45) is 0 Å². The fourth-order valence-corrected chi connectivity index (χ4v) is 1.79. The Labute approximate surface area is 116 Å². The van der Waals surface area contributed by atoms with Crippen molar-refractivity contribution in [2.75, 3.05) is 0 Å². The average molecular weight is 283 g/mol. The molecule has 5 heteroatoms. The monoisotopic (exact) mass is 283 g/mol. The molecule has 1 aromatic rings. The largest absolute Gasteiger partial charge is 0.416 e. The number of halogens is 3. The van der Waals surface area contributed by atoms with Crippen LogP contribution < -0.4 is 5.32 Å². The molecule has 1 N–H and O–H groups in total. The summed E-state index contributed by atoms with van der Waals surface area (Å²) in [6, 6.07) is 4.27. The van der Waals surface area contributed by atoms with Crippen LogP contribution in [0.4, 0.5) is 13.2 Å². The third-order valence-corrected chi connectivity index (χ3v) is 3.29. The molecule has 20 heavy (non-hydrogen) atoms. The lowest BCUT2D eigenvalue weighted by Gasteiger charge is -2.27. The maximum atomic E-state index is 12.6. The third-order valence-electron chi connectivity index (χ3n) is 3.29. The van der Waals surface area contributed by atoms with Crippen molar-refractivity contribution in [3.8, 4) is 12.3 Å². The second kappa shape index (κ2) is 6.00. The van der Waals surface area contributed by atoms with Gasteiger partial charge in [0.25, 0.3) is 5.91 Å². The van der Waals surface area contributed by atoms with Crippen LogP contribution in [0.2, 0.25) is 0 Å². The molecule has 0 aliphatic rings. The van der Waals surface area contributed by atoms with Gasteiger partial charge in [0.05, 0.1) is 5.56 Å². The van der Waals surface area contributed by atoms with Gasteiger partial charge >= 0.3 is 6.18 Å². The third kappa shape index (κ3) is 3.53. The molecule has 2 nitrogen and oxygen atoms in total. The van der Waals surface area contributed by atoms with Crippen molar-refractivity contribution in [3.05, 3.63) is 35.4 Å². The van der Waals surface area contributed by atoms with Crippen molar-refractivity contribution in [1.29, 1.82) is 0 Å². The molecule has 0 aliphatic carbocycles. The van der Waals surface area contributed by atoms with Gasteiger partial charge in [-0.15, -0.1) is 6.42 Å². The van der Waals surface area contributed by atoms with Crippen LogP contribution in [0, 0.1) is 12.3 Å². The molecule has 1 rings (SSSR count). The first-order valence-corrected chi connectivity index (χ1v) is 6.25. The van der Waals surface area contributed by atoms with Gasteiger partial charge in [-0.2, -0.15) is 13.2 Å². The predicted molar refractivity (Wildman–Crippen MR) is 71.1 cm³/mol. The number of alkyl halides is 3. The summed E-state index contributed by atoms with van der Waals surface area (Å²) < 4.78 is 37.8.